The summed E-state index contributed by atoms with van der Waals surface area (Å²) in [7, 11) is 0. The number of hydroxylamine groups is 2. The van der Waals surface area contributed by atoms with Crippen molar-refractivity contribution in [2.45, 2.75) is 247 Å². The molecular weight excluding hydrogens is 1060 g/mol. The topological polar surface area (TPSA) is 350 Å². The SMILES string of the molecule is CCCCCCCCNC(C)(C)C(=O)NCC(=O)N[C@@H](CC(C)C)C(=O)NC1(C(=O)NCC(=O)NCC(=O)N[C@@H](CC(C)C)C(=O)NC(C)(C)C(=O)NCC(=O)N[C@H](C(=O)N[C@H](CO)CC(C)C)[C@@H](C)CC)CC(C)(C)N([O-])C(C)(C)C1. The summed E-state index contributed by atoms with van der Waals surface area (Å²) in [6.45, 7) is 28.0. The van der Waals surface area contributed by atoms with Crippen LogP contribution in [0.3, 0.4) is 0 Å². The first-order valence-corrected chi connectivity index (χ1v) is 29.7. The Morgan fingerprint density at radius 3 is 1.49 bits per heavy atom. The lowest BCUT2D eigenvalue weighted by atomic mass is 9.69. The molecule has 0 aromatic rings. The molecule has 82 heavy (non-hydrogen) atoms. The maximum absolute atomic E-state index is 14.4. The second-order valence-electron chi connectivity index (χ2n) is 26.1. The molecule has 1 aliphatic heterocycles. The van der Waals surface area contributed by atoms with Crippen LogP contribution < -0.4 is 58.5 Å². The fourth-order valence-corrected chi connectivity index (χ4v) is 10.2. The predicted molar refractivity (Wildman–Crippen MR) is 316 cm³/mol. The van der Waals surface area contributed by atoms with E-state index in [1.54, 1.807) is 48.5 Å². The predicted octanol–water partition coefficient (Wildman–Crippen LogP) is 2.20. The quantitative estimate of drug-likeness (QED) is 0.0397. The third-order valence-electron chi connectivity index (χ3n) is 14.6. The van der Waals surface area contributed by atoms with Crippen molar-refractivity contribution >= 4 is 59.1 Å². The van der Waals surface area contributed by atoms with Gasteiger partial charge < -0.3 is 73.9 Å². The Morgan fingerprint density at radius 2 is 1.00 bits per heavy atom. The zero-order valence-corrected chi connectivity index (χ0v) is 52.7. The number of aliphatic hydroxyl groups is 1. The average Bonchev–Trinajstić information content (AvgIpc) is 2.53. The molecule has 24 heteroatoms. The highest BCUT2D eigenvalue weighted by Crippen LogP contribution is 2.43. The van der Waals surface area contributed by atoms with Gasteiger partial charge >= 0.3 is 0 Å². The Labute approximate surface area is 489 Å². The molecule has 1 saturated heterocycles. The van der Waals surface area contributed by atoms with Gasteiger partial charge in [0.2, 0.25) is 59.1 Å². The van der Waals surface area contributed by atoms with Crippen molar-refractivity contribution in [2.24, 2.45) is 23.7 Å². The van der Waals surface area contributed by atoms with Gasteiger partial charge in [-0.3, -0.25) is 47.9 Å². The third kappa shape index (κ3) is 26.0. The number of carbonyl (C=O) groups excluding carboxylic acids is 10. The Kier molecular flexibility index (Phi) is 31.2. The van der Waals surface area contributed by atoms with Gasteiger partial charge in [-0.05, 0) is 124 Å². The van der Waals surface area contributed by atoms with Crippen LogP contribution >= 0.6 is 0 Å². The molecule has 0 bridgehead atoms. The minimum absolute atomic E-state index is 0.114. The number of nitrogens with zero attached hydrogens (tertiary/aromatic N) is 1. The van der Waals surface area contributed by atoms with Crippen LogP contribution in [0.4, 0.5) is 0 Å². The molecule has 0 aliphatic carbocycles. The molecule has 5 atom stereocenters. The molecular formula is C58H107N12O12-. The maximum Gasteiger partial charge on any atom is 0.246 e. The molecule has 0 aromatic heterocycles. The van der Waals surface area contributed by atoms with Gasteiger partial charge in [0.25, 0.3) is 0 Å². The van der Waals surface area contributed by atoms with Gasteiger partial charge in [0, 0.05) is 11.1 Å². The Hall–Kier alpha value is -5.46. The Balaban J connectivity index is 3.09. The fraction of sp³-hybridized carbons (Fsp3) is 0.828. The van der Waals surface area contributed by atoms with Gasteiger partial charge in [0.1, 0.15) is 29.2 Å². The van der Waals surface area contributed by atoms with E-state index in [1.165, 1.54) is 26.7 Å². The first-order chi connectivity index (χ1) is 37.9. The summed E-state index contributed by atoms with van der Waals surface area (Å²) in [6, 6.07) is -3.78. The lowest BCUT2D eigenvalue weighted by molar-refractivity contribution is -0.144. The first-order valence-electron chi connectivity index (χ1n) is 29.7. The summed E-state index contributed by atoms with van der Waals surface area (Å²) in [5.41, 5.74) is -6.77. The first kappa shape index (κ1) is 74.6. The summed E-state index contributed by atoms with van der Waals surface area (Å²) in [5.74, 6) is -7.03. The summed E-state index contributed by atoms with van der Waals surface area (Å²) < 4.78 is 0. The van der Waals surface area contributed by atoms with Crippen LogP contribution in [-0.2, 0) is 47.9 Å². The second kappa shape index (κ2) is 34.3. The highest BCUT2D eigenvalue weighted by Gasteiger charge is 2.54. The number of carbonyl (C=O) groups is 10. The third-order valence-corrected chi connectivity index (χ3v) is 14.6. The van der Waals surface area contributed by atoms with Crippen LogP contribution in [0.5, 0.6) is 0 Å². The van der Waals surface area contributed by atoms with Crippen molar-refractivity contribution in [3.05, 3.63) is 5.21 Å². The molecule has 0 saturated carbocycles. The molecule has 0 radical (unpaired) electrons. The number of rotatable bonds is 37. The molecule has 0 aromatic carbocycles. The average molecular weight is 1160 g/mol. The summed E-state index contributed by atoms with van der Waals surface area (Å²) >= 11 is 0. The van der Waals surface area contributed by atoms with E-state index < -0.39 is 137 Å². The van der Waals surface area contributed by atoms with E-state index in [-0.39, 0.29) is 56.0 Å². The lowest BCUT2D eigenvalue weighted by Crippen LogP contribution is -2.73. The van der Waals surface area contributed by atoms with Crippen molar-refractivity contribution in [3.63, 3.8) is 0 Å². The maximum atomic E-state index is 14.4. The van der Waals surface area contributed by atoms with Crippen molar-refractivity contribution in [2.75, 3.05) is 39.3 Å². The van der Waals surface area contributed by atoms with E-state index >= 15 is 0 Å². The molecule has 1 heterocycles. The Morgan fingerprint density at radius 1 is 0.549 bits per heavy atom. The smallest absolute Gasteiger partial charge is 0.246 e. The standard InChI is InChI=1S/C58H107N12O12/c1-18-20-21-22-23-24-25-63-56(14,15)51(79)60-31-45(74)66-42(28-38(7)8)49(77)69-58(34-54(10,11)70(82)55(12,13)35-58)53(81)62-29-43(72)59-30-44(73)65-41(27-37(5)6)48(76)68-57(16,17)52(80)61-32-46(75)67-47(39(9)19-2)50(78)64-40(33-71)26-36(3)4/h36-42,47,63,71H,18-35H2,1-17H3,(H,59,72)(H,60,79)(H,61,80)(H,62,81)(H,64,78)(H,65,73)(H,66,74)(H,67,75)(H,68,76)(H,69,77)/q-1/t39-,40-,41-,42-,47-/m0/s1. The normalized spacial score (nSPS) is 16.8. The van der Waals surface area contributed by atoms with Crippen LogP contribution in [0.2, 0.25) is 0 Å². The largest absolute Gasteiger partial charge is 0.784 e. The highest BCUT2D eigenvalue weighted by atomic mass is 16.5. The van der Waals surface area contributed by atoms with Gasteiger partial charge in [0.05, 0.1) is 44.4 Å². The monoisotopic (exact) mass is 1160 g/mol. The molecule has 24 nitrogen and oxygen atoms in total. The van der Waals surface area contributed by atoms with E-state index in [4.69, 9.17) is 0 Å². The number of piperidine rings is 1. The number of nitrogens with one attached hydrogen (secondary N) is 11. The van der Waals surface area contributed by atoms with Gasteiger partial charge in [0.15, 0.2) is 0 Å². The zero-order chi connectivity index (χ0) is 63.0. The molecule has 1 rings (SSSR count). The highest BCUT2D eigenvalue weighted by molar-refractivity contribution is 5.99. The van der Waals surface area contributed by atoms with Crippen LogP contribution in [0.1, 0.15) is 195 Å². The fourth-order valence-electron chi connectivity index (χ4n) is 10.2. The van der Waals surface area contributed by atoms with E-state index in [2.05, 4.69) is 65.4 Å². The van der Waals surface area contributed by atoms with Gasteiger partial charge in [-0.1, -0.05) is 101 Å². The molecule has 472 valence electrons. The molecule has 12 N–H and O–H groups in total. The summed E-state index contributed by atoms with van der Waals surface area (Å²) in [6.07, 6.45) is 7.57. The lowest BCUT2D eigenvalue weighted by Gasteiger charge is -2.62. The molecule has 0 unspecified atom stereocenters. The van der Waals surface area contributed by atoms with E-state index in [9.17, 15) is 58.3 Å². The number of hydrogen-bond acceptors (Lipinski definition) is 14. The summed E-state index contributed by atoms with van der Waals surface area (Å²) in [4.78, 5) is 135. The van der Waals surface area contributed by atoms with E-state index in [1.807, 2.05) is 48.5 Å². The van der Waals surface area contributed by atoms with Gasteiger partial charge in [-0.15, -0.1) is 0 Å². The van der Waals surface area contributed by atoms with Crippen LogP contribution in [0, 0.1) is 28.9 Å². The number of aliphatic hydroxyl groups excluding tert-OH is 1. The van der Waals surface area contributed by atoms with Crippen LogP contribution in [0.15, 0.2) is 0 Å². The number of hydrogen-bond donors (Lipinski definition) is 12. The minimum Gasteiger partial charge on any atom is -0.784 e. The molecule has 1 aliphatic rings. The second-order valence-corrected chi connectivity index (χ2v) is 26.1. The molecule has 1 fully saturated rings. The summed E-state index contributed by atoms with van der Waals surface area (Å²) in [5, 5.41) is 53.9. The van der Waals surface area contributed by atoms with Crippen molar-refractivity contribution in [3.8, 4) is 0 Å². The molecule has 0 spiro atoms. The van der Waals surface area contributed by atoms with Crippen molar-refractivity contribution < 1.29 is 53.1 Å². The van der Waals surface area contributed by atoms with E-state index in [0.29, 0.717) is 19.4 Å². The molecule has 10 amide bonds. The minimum atomic E-state index is -1.77. The van der Waals surface area contributed by atoms with Gasteiger partial charge in [-0.2, -0.15) is 0 Å². The Bertz CT molecular complexity index is 2110. The van der Waals surface area contributed by atoms with E-state index in [0.717, 1.165) is 30.7 Å². The zero-order valence-electron chi connectivity index (χ0n) is 52.7. The van der Waals surface area contributed by atoms with Crippen molar-refractivity contribution in [1.82, 2.24) is 63.5 Å². The van der Waals surface area contributed by atoms with Gasteiger partial charge in [-0.25, -0.2) is 0 Å². The number of unbranched alkanes of at least 4 members (excludes halogenated alkanes) is 5. The van der Waals surface area contributed by atoms with Crippen LogP contribution in [-0.4, -0.2) is 160 Å². The van der Waals surface area contributed by atoms with Crippen LogP contribution in [0.25, 0.3) is 0 Å². The number of amides is 10. The van der Waals surface area contributed by atoms with Crippen molar-refractivity contribution in [1.29, 1.82) is 0 Å².